The number of aromatic nitrogens is 5. The maximum Gasteiger partial charge on any atom is 0.277 e. The molecule has 3 heterocycles. The van der Waals surface area contributed by atoms with E-state index in [4.69, 9.17) is 17.3 Å². The van der Waals surface area contributed by atoms with Crippen molar-refractivity contribution < 1.29 is 4.57 Å². The first-order valence-electron chi connectivity index (χ1n) is 9.09. The van der Waals surface area contributed by atoms with E-state index < -0.39 is 0 Å². The van der Waals surface area contributed by atoms with Gasteiger partial charge in [0.25, 0.3) is 5.82 Å². The summed E-state index contributed by atoms with van der Waals surface area (Å²) >= 11 is 6.23. The van der Waals surface area contributed by atoms with E-state index in [1.165, 1.54) is 0 Å². The summed E-state index contributed by atoms with van der Waals surface area (Å²) in [7, 11) is 0. The van der Waals surface area contributed by atoms with Crippen molar-refractivity contribution in [1.29, 1.82) is 0 Å². The number of anilines is 2. The van der Waals surface area contributed by atoms with Gasteiger partial charge in [-0.3, -0.25) is 0 Å². The first-order valence-corrected chi connectivity index (χ1v) is 9.46. The summed E-state index contributed by atoms with van der Waals surface area (Å²) in [5.41, 5.74) is 11.0. The molecule has 0 bridgehead atoms. The lowest BCUT2D eigenvalue weighted by atomic mass is 10.3. The minimum absolute atomic E-state index is 0.384. The maximum absolute atomic E-state index is 6.23. The number of fused-ring (bicyclic) bond motifs is 2. The summed E-state index contributed by atoms with van der Waals surface area (Å²) in [6, 6.07) is 6.01. The van der Waals surface area contributed by atoms with Crippen LogP contribution in [-0.4, -0.2) is 19.5 Å². The second kappa shape index (κ2) is 6.74. The van der Waals surface area contributed by atoms with Crippen LogP contribution in [-0.2, 0) is 19.6 Å². The fourth-order valence-corrected chi connectivity index (χ4v) is 3.79. The second-order valence-corrected chi connectivity index (χ2v) is 6.95. The number of nitrogens with one attached hydrogen (secondary N) is 2. The van der Waals surface area contributed by atoms with Gasteiger partial charge in [0, 0.05) is 17.3 Å². The molecule has 7 nitrogen and oxygen atoms in total. The third-order valence-electron chi connectivity index (χ3n) is 4.91. The summed E-state index contributed by atoms with van der Waals surface area (Å²) < 4.78 is 4.55. The normalized spacial score (nSPS) is 11.6. The van der Waals surface area contributed by atoms with Gasteiger partial charge in [-0.1, -0.05) is 11.6 Å². The van der Waals surface area contributed by atoms with Crippen molar-refractivity contribution in [2.75, 3.05) is 11.1 Å². The molecule has 4 rings (SSSR count). The molecule has 0 aliphatic carbocycles. The molecule has 0 spiro atoms. The van der Waals surface area contributed by atoms with Crippen LogP contribution in [0.2, 0.25) is 5.02 Å². The Morgan fingerprint density at radius 2 is 2.11 bits per heavy atom. The lowest BCUT2D eigenvalue weighted by Gasteiger charge is -2.08. The molecule has 3 aromatic heterocycles. The molecule has 0 atom stereocenters. The minimum Gasteiger partial charge on any atom is -0.381 e. The van der Waals surface area contributed by atoms with E-state index in [9.17, 15) is 0 Å². The largest absolute Gasteiger partial charge is 0.381 e. The maximum atomic E-state index is 6.23. The number of halogens is 1. The Hall–Kier alpha value is -2.80. The van der Waals surface area contributed by atoms with Gasteiger partial charge in [-0.2, -0.15) is 0 Å². The highest BCUT2D eigenvalue weighted by Gasteiger charge is 2.23. The molecular weight excluding hydrogens is 362 g/mol. The molecule has 0 aliphatic heterocycles. The number of H-pyrrole nitrogens is 1. The van der Waals surface area contributed by atoms with Gasteiger partial charge in [-0.15, -0.1) is 0 Å². The average molecular weight is 385 g/mol. The van der Waals surface area contributed by atoms with Crippen LogP contribution in [0.3, 0.4) is 0 Å². The lowest BCUT2D eigenvalue weighted by molar-refractivity contribution is -0.676. The van der Waals surface area contributed by atoms with Gasteiger partial charge in [0.05, 0.1) is 13.1 Å². The SMILES string of the molecule is CCn1c(CNc2nc3c(C)c[nH]c3nc2N)[n+](CC)c2ccc(Cl)cc21. The molecule has 0 radical (unpaired) electrons. The number of nitrogens with two attached hydrogens (primary N) is 1. The number of aromatic amines is 1. The van der Waals surface area contributed by atoms with Crippen molar-refractivity contribution in [3.63, 3.8) is 0 Å². The quantitative estimate of drug-likeness (QED) is 0.460. The predicted molar refractivity (Wildman–Crippen MR) is 109 cm³/mol. The van der Waals surface area contributed by atoms with E-state index in [0.29, 0.717) is 23.8 Å². The van der Waals surface area contributed by atoms with E-state index in [-0.39, 0.29) is 0 Å². The first kappa shape index (κ1) is 17.6. The van der Waals surface area contributed by atoms with Gasteiger partial charge in [0.2, 0.25) is 0 Å². The highest BCUT2D eigenvalue weighted by atomic mass is 35.5. The van der Waals surface area contributed by atoms with Crippen LogP contribution in [0, 0.1) is 6.92 Å². The van der Waals surface area contributed by atoms with Crippen LogP contribution in [0.5, 0.6) is 0 Å². The van der Waals surface area contributed by atoms with Gasteiger partial charge in [-0.25, -0.2) is 19.1 Å². The summed E-state index contributed by atoms with van der Waals surface area (Å²) in [6.07, 6.45) is 1.89. The van der Waals surface area contributed by atoms with Crippen molar-refractivity contribution in [3.8, 4) is 0 Å². The zero-order chi connectivity index (χ0) is 19.1. The molecule has 0 aliphatic rings. The fourth-order valence-electron chi connectivity index (χ4n) is 3.62. The third-order valence-corrected chi connectivity index (χ3v) is 5.15. The highest BCUT2D eigenvalue weighted by molar-refractivity contribution is 6.31. The Morgan fingerprint density at radius 3 is 2.85 bits per heavy atom. The van der Waals surface area contributed by atoms with E-state index in [2.05, 4.69) is 49.3 Å². The number of nitrogens with zero attached hydrogens (tertiary/aromatic N) is 4. The Morgan fingerprint density at radius 1 is 1.30 bits per heavy atom. The Kier molecular flexibility index (Phi) is 4.39. The van der Waals surface area contributed by atoms with E-state index in [1.54, 1.807) is 0 Å². The zero-order valence-electron chi connectivity index (χ0n) is 15.7. The van der Waals surface area contributed by atoms with Gasteiger partial charge in [0.1, 0.15) is 12.1 Å². The highest BCUT2D eigenvalue weighted by Crippen LogP contribution is 2.23. The van der Waals surface area contributed by atoms with Crippen LogP contribution < -0.4 is 15.6 Å². The molecule has 4 aromatic rings. The van der Waals surface area contributed by atoms with Gasteiger partial charge >= 0.3 is 0 Å². The first-order chi connectivity index (χ1) is 13.0. The standard InChI is InChI=1S/C19H23ClN7/c1-4-26-13-7-6-12(20)8-14(13)27(5-2)15(26)10-23-19-17(21)25-18-16(24-19)11(3)9-22-18/h6-9H,4-5,10H2,1-3H3,(H,23,24)(H3,21,22,25)/q+1. The Labute approximate surface area is 162 Å². The molecule has 140 valence electrons. The van der Waals surface area contributed by atoms with Crippen LogP contribution in [0.15, 0.2) is 24.4 Å². The number of nitrogen functional groups attached to an aromatic ring is 1. The molecule has 0 unspecified atom stereocenters. The second-order valence-electron chi connectivity index (χ2n) is 6.52. The Bertz CT molecular complexity index is 1140. The number of rotatable bonds is 5. The van der Waals surface area contributed by atoms with Crippen LogP contribution in [0.4, 0.5) is 11.6 Å². The summed E-state index contributed by atoms with van der Waals surface area (Å²) in [5, 5.41) is 4.11. The fraction of sp³-hybridized carbons (Fsp3) is 0.316. The average Bonchev–Trinajstić information content (AvgIpc) is 3.16. The van der Waals surface area contributed by atoms with Crippen LogP contribution in [0.25, 0.3) is 22.2 Å². The molecule has 1 aromatic carbocycles. The number of hydrogen-bond donors (Lipinski definition) is 3. The molecule has 27 heavy (non-hydrogen) atoms. The van der Waals surface area contributed by atoms with Crippen LogP contribution in [0.1, 0.15) is 25.2 Å². The van der Waals surface area contributed by atoms with Crippen molar-refractivity contribution in [1.82, 2.24) is 19.5 Å². The van der Waals surface area contributed by atoms with Crippen LogP contribution >= 0.6 is 11.6 Å². The molecule has 0 amide bonds. The molecule has 0 saturated carbocycles. The van der Waals surface area contributed by atoms with E-state index in [0.717, 1.165) is 46.1 Å². The number of aryl methyl sites for hydroxylation is 3. The molecular formula is C19H23ClN7+. The molecule has 0 fully saturated rings. The van der Waals surface area contributed by atoms with Gasteiger partial charge < -0.3 is 16.0 Å². The predicted octanol–water partition coefficient (Wildman–Crippen LogP) is 3.40. The van der Waals surface area contributed by atoms with Crippen molar-refractivity contribution >= 4 is 45.4 Å². The molecule has 4 N–H and O–H groups in total. The summed E-state index contributed by atoms with van der Waals surface area (Å²) in [5.74, 6) is 2.12. The molecule has 8 heteroatoms. The minimum atomic E-state index is 0.384. The third kappa shape index (κ3) is 2.88. The topological polar surface area (TPSA) is 88.4 Å². The zero-order valence-corrected chi connectivity index (χ0v) is 16.4. The number of hydrogen-bond acceptors (Lipinski definition) is 4. The van der Waals surface area contributed by atoms with E-state index in [1.807, 2.05) is 25.3 Å². The number of imidazole rings is 1. The summed E-state index contributed by atoms with van der Waals surface area (Å²) in [6.45, 7) is 8.56. The van der Waals surface area contributed by atoms with Crippen molar-refractivity contribution in [2.24, 2.45) is 0 Å². The van der Waals surface area contributed by atoms with E-state index >= 15 is 0 Å². The Balaban J connectivity index is 1.75. The summed E-state index contributed by atoms with van der Waals surface area (Å²) in [4.78, 5) is 12.2. The van der Waals surface area contributed by atoms with Crippen molar-refractivity contribution in [2.45, 2.75) is 40.4 Å². The molecule has 0 saturated heterocycles. The monoisotopic (exact) mass is 384 g/mol. The number of benzene rings is 1. The lowest BCUT2D eigenvalue weighted by Crippen LogP contribution is -2.38. The van der Waals surface area contributed by atoms with Crippen molar-refractivity contribution in [3.05, 3.63) is 40.8 Å². The van der Waals surface area contributed by atoms with Gasteiger partial charge in [-0.05, 0) is 38.5 Å². The smallest absolute Gasteiger partial charge is 0.277 e. The van der Waals surface area contributed by atoms with Gasteiger partial charge in [0.15, 0.2) is 28.3 Å².